The molecule has 0 spiro atoms. The average Bonchev–Trinajstić information content (AvgIpc) is 2.36. The SMILES string of the molecule is CCCOC(=O)c1ccc(OC(=O)OC)cc1. The minimum Gasteiger partial charge on any atom is -0.462 e. The molecule has 0 amide bonds. The lowest BCUT2D eigenvalue weighted by atomic mass is 10.2. The Balaban J connectivity index is 2.61. The number of hydrogen-bond acceptors (Lipinski definition) is 5. The van der Waals surface area contributed by atoms with Gasteiger partial charge in [-0.3, -0.25) is 0 Å². The molecule has 0 atom stereocenters. The lowest BCUT2D eigenvalue weighted by molar-refractivity contribution is 0.0505. The summed E-state index contributed by atoms with van der Waals surface area (Å²) in [5, 5.41) is 0. The van der Waals surface area contributed by atoms with E-state index in [4.69, 9.17) is 9.47 Å². The maximum atomic E-state index is 11.4. The third-order valence-corrected chi connectivity index (χ3v) is 1.90. The lowest BCUT2D eigenvalue weighted by Crippen LogP contribution is -2.08. The van der Waals surface area contributed by atoms with Crippen molar-refractivity contribution in [3.05, 3.63) is 29.8 Å². The smallest absolute Gasteiger partial charge is 0.462 e. The molecule has 92 valence electrons. The number of esters is 1. The fourth-order valence-corrected chi connectivity index (χ4v) is 1.08. The maximum absolute atomic E-state index is 11.4. The summed E-state index contributed by atoms with van der Waals surface area (Å²) in [5.74, 6) is -0.0830. The fourth-order valence-electron chi connectivity index (χ4n) is 1.08. The van der Waals surface area contributed by atoms with Gasteiger partial charge in [0, 0.05) is 0 Å². The van der Waals surface area contributed by atoms with E-state index < -0.39 is 12.1 Å². The van der Waals surface area contributed by atoms with E-state index in [0.29, 0.717) is 17.9 Å². The van der Waals surface area contributed by atoms with Crippen LogP contribution in [-0.4, -0.2) is 25.8 Å². The van der Waals surface area contributed by atoms with Gasteiger partial charge in [0.05, 0.1) is 19.3 Å². The number of ether oxygens (including phenoxy) is 3. The van der Waals surface area contributed by atoms with E-state index >= 15 is 0 Å². The van der Waals surface area contributed by atoms with Gasteiger partial charge in [-0.1, -0.05) is 6.92 Å². The molecule has 1 rings (SSSR count). The number of benzene rings is 1. The summed E-state index contributed by atoms with van der Waals surface area (Å²) in [5.41, 5.74) is 0.413. The van der Waals surface area contributed by atoms with Crippen molar-refractivity contribution in [2.45, 2.75) is 13.3 Å². The van der Waals surface area contributed by atoms with Crippen LogP contribution in [0.25, 0.3) is 0 Å². The number of carbonyl (C=O) groups excluding carboxylic acids is 2. The van der Waals surface area contributed by atoms with Gasteiger partial charge < -0.3 is 14.2 Å². The maximum Gasteiger partial charge on any atom is 0.513 e. The molecule has 0 saturated heterocycles. The van der Waals surface area contributed by atoms with E-state index in [9.17, 15) is 9.59 Å². The first-order valence-electron chi connectivity index (χ1n) is 5.20. The zero-order valence-electron chi connectivity index (χ0n) is 9.76. The Kier molecular flexibility index (Phi) is 5.00. The van der Waals surface area contributed by atoms with Crippen LogP contribution in [0.2, 0.25) is 0 Å². The lowest BCUT2D eigenvalue weighted by Gasteiger charge is -2.04. The zero-order chi connectivity index (χ0) is 12.7. The number of methoxy groups -OCH3 is 1. The summed E-state index contributed by atoms with van der Waals surface area (Å²) in [7, 11) is 1.22. The van der Waals surface area contributed by atoms with Gasteiger partial charge in [0.25, 0.3) is 0 Å². The minimum atomic E-state index is -0.800. The quantitative estimate of drug-likeness (QED) is 0.595. The molecule has 0 radical (unpaired) electrons. The van der Waals surface area contributed by atoms with Crippen molar-refractivity contribution >= 4 is 12.1 Å². The fraction of sp³-hybridized carbons (Fsp3) is 0.333. The van der Waals surface area contributed by atoms with Crippen LogP contribution in [0.5, 0.6) is 5.75 Å². The molecule has 0 fully saturated rings. The molecule has 17 heavy (non-hydrogen) atoms. The zero-order valence-corrected chi connectivity index (χ0v) is 9.76. The van der Waals surface area contributed by atoms with Gasteiger partial charge in [-0.05, 0) is 30.7 Å². The largest absolute Gasteiger partial charge is 0.513 e. The highest BCUT2D eigenvalue weighted by Crippen LogP contribution is 2.13. The standard InChI is InChI=1S/C12H14O5/c1-3-8-16-11(13)9-4-6-10(7-5-9)17-12(14)15-2/h4-7H,3,8H2,1-2H3. The summed E-state index contributed by atoms with van der Waals surface area (Å²) < 4.78 is 14.0. The van der Waals surface area contributed by atoms with Gasteiger partial charge in [-0.25, -0.2) is 9.59 Å². The topological polar surface area (TPSA) is 61.8 Å². The molecule has 5 heteroatoms. The van der Waals surface area contributed by atoms with Crippen molar-refractivity contribution in [1.82, 2.24) is 0 Å². The summed E-state index contributed by atoms with van der Waals surface area (Å²) in [6, 6.07) is 6.05. The van der Waals surface area contributed by atoms with Gasteiger partial charge in [0.1, 0.15) is 5.75 Å². The Morgan fingerprint density at radius 2 is 1.82 bits per heavy atom. The van der Waals surface area contributed by atoms with E-state index in [2.05, 4.69) is 4.74 Å². The van der Waals surface area contributed by atoms with Crippen molar-refractivity contribution in [3.8, 4) is 5.75 Å². The Hall–Kier alpha value is -2.04. The summed E-state index contributed by atoms with van der Waals surface area (Å²) in [6.07, 6.45) is -0.0266. The van der Waals surface area contributed by atoms with Gasteiger partial charge in [0.15, 0.2) is 0 Å². The van der Waals surface area contributed by atoms with Crippen molar-refractivity contribution in [3.63, 3.8) is 0 Å². The van der Waals surface area contributed by atoms with Gasteiger partial charge in [-0.15, -0.1) is 0 Å². The molecule has 0 bridgehead atoms. The monoisotopic (exact) mass is 238 g/mol. The highest BCUT2D eigenvalue weighted by molar-refractivity contribution is 5.89. The minimum absolute atomic E-state index is 0.309. The molecular weight excluding hydrogens is 224 g/mol. The Bertz CT molecular complexity index is 382. The second-order valence-electron chi connectivity index (χ2n) is 3.22. The first kappa shape index (κ1) is 13.0. The van der Waals surface area contributed by atoms with Crippen molar-refractivity contribution < 1.29 is 23.8 Å². The molecule has 1 aromatic rings. The highest BCUT2D eigenvalue weighted by atomic mass is 16.7. The first-order valence-corrected chi connectivity index (χ1v) is 5.20. The van der Waals surface area contributed by atoms with Crippen molar-refractivity contribution in [1.29, 1.82) is 0 Å². The van der Waals surface area contributed by atoms with E-state index in [0.717, 1.165) is 6.42 Å². The van der Waals surface area contributed by atoms with Gasteiger partial charge in [-0.2, -0.15) is 0 Å². The van der Waals surface area contributed by atoms with Crippen molar-refractivity contribution in [2.24, 2.45) is 0 Å². The highest BCUT2D eigenvalue weighted by Gasteiger charge is 2.08. The van der Waals surface area contributed by atoms with E-state index in [-0.39, 0.29) is 0 Å². The van der Waals surface area contributed by atoms with Crippen LogP contribution in [0.1, 0.15) is 23.7 Å². The third-order valence-electron chi connectivity index (χ3n) is 1.90. The summed E-state index contributed by atoms with van der Waals surface area (Å²) >= 11 is 0. The predicted octanol–water partition coefficient (Wildman–Crippen LogP) is 2.40. The Morgan fingerprint density at radius 1 is 1.18 bits per heavy atom. The van der Waals surface area contributed by atoms with Crippen LogP contribution in [0.15, 0.2) is 24.3 Å². The molecule has 0 heterocycles. The van der Waals surface area contributed by atoms with Crippen LogP contribution in [0, 0.1) is 0 Å². The van der Waals surface area contributed by atoms with Gasteiger partial charge >= 0.3 is 12.1 Å². The Morgan fingerprint density at radius 3 is 2.35 bits per heavy atom. The molecule has 0 N–H and O–H groups in total. The summed E-state index contributed by atoms with van der Waals surface area (Å²) in [6.45, 7) is 2.31. The normalized spacial score (nSPS) is 9.53. The number of rotatable bonds is 4. The first-order chi connectivity index (χ1) is 8.17. The van der Waals surface area contributed by atoms with Crippen LogP contribution in [0.3, 0.4) is 0 Å². The van der Waals surface area contributed by atoms with Crippen LogP contribution >= 0.6 is 0 Å². The third kappa shape index (κ3) is 4.14. The molecule has 0 aromatic heterocycles. The second kappa shape index (κ2) is 6.52. The molecule has 0 saturated carbocycles. The molecule has 0 aliphatic heterocycles. The van der Waals surface area contributed by atoms with Crippen LogP contribution in [-0.2, 0) is 9.47 Å². The molecule has 1 aromatic carbocycles. The van der Waals surface area contributed by atoms with Gasteiger partial charge in [0.2, 0.25) is 0 Å². The summed E-state index contributed by atoms with van der Waals surface area (Å²) in [4.78, 5) is 22.2. The van der Waals surface area contributed by atoms with Crippen LogP contribution < -0.4 is 4.74 Å². The second-order valence-corrected chi connectivity index (χ2v) is 3.22. The number of carbonyl (C=O) groups is 2. The molecule has 0 aliphatic rings. The van der Waals surface area contributed by atoms with E-state index in [1.54, 1.807) is 0 Å². The Labute approximate surface area is 99.3 Å². The average molecular weight is 238 g/mol. The predicted molar refractivity (Wildman–Crippen MR) is 60.0 cm³/mol. The molecule has 0 aliphatic carbocycles. The van der Waals surface area contributed by atoms with E-state index in [1.807, 2.05) is 6.92 Å². The van der Waals surface area contributed by atoms with E-state index in [1.165, 1.54) is 31.4 Å². The molecule has 5 nitrogen and oxygen atoms in total. The number of hydrogen-bond donors (Lipinski definition) is 0. The molecular formula is C12H14O5. The van der Waals surface area contributed by atoms with Crippen LogP contribution in [0.4, 0.5) is 4.79 Å². The van der Waals surface area contributed by atoms with Crippen molar-refractivity contribution in [2.75, 3.05) is 13.7 Å². The molecule has 0 unspecified atom stereocenters.